The van der Waals surface area contributed by atoms with Gasteiger partial charge in [-0.3, -0.25) is 9.40 Å². The first-order valence-electron chi connectivity index (χ1n) is 5.75. The zero-order valence-electron chi connectivity index (χ0n) is 10.6. The Bertz CT molecular complexity index is 678. The standard InChI is InChI=1S/C12H14BrN3O2S/c1-3-16-9(2)12(8-14-16)19(17,18)15-11-6-4-10(13)5-7-11/h4-8,15H,3H2,1-2H3. The molecule has 7 heteroatoms. The van der Waals surface area contributed by atoms with E-state index in [4.69, 9.17) is 0 Å². The Kier molecular flexibility index (Phi) is 3.96. The number of sulfonamides is 1. The predicted molar refractivity (Wildman–Crippen MR) is 77.6 cm³/mol. The molecule has 1 heterocycles. The Hall–Kier alpha value is -1.34. The maximum atomic E-state index is 12.3. The van der Waals surface area contributed by atoms with Gasteiger partial charge in [0.1, 0.15) is 4.90 Å². The van der Waals surface area contributed by atoms with Crippen molar-refractivity contribution < 1.29 is 8.42 Å². The lowest BCUT2D eigenvalue weighted by molar-refractivity contribution is 0.598. The molecule has 0 amide bonds. The van der Waals surface area contributed by atoms with E-state index in [0.717, 1.165) is 4.47 Å². The van der Waals surface area contributed by atoms with Crippen LogP contribution in [0.1, 0.15) is 12.6 Å². The third-order valence-electron chi connectivity index (χ3n) is 2.74. The molecule has 0 saturated heterocycles. The highest BCUT2D eigenvalue weighted by Gasteiger charge is 2.20. The predicted octanol–water partition coefficient (Wildman–Crippen LogP) is 2.77. The molecule has 0 saturated carbocycles. The van der Waals surface area contributed by atoms with Crippen molar-refractivity contribution in [3.8, 4) is 0 Å². The molecule has 2 rings (SSSR count). The number of anilines is 1. The van der Waals surface area contributed by atoms with E-state index in [1.165, 1.54) is 6.20 Å². The van der Waals surface area contributed by atoms with Gasteiger partial charge in [0.15, 0.2) is 0 Å². The number of hydrogen-bond acceptors (Lipinski definition) is 3. The Morgan fingerprint density at radius 2 is 1.95 bits per heavy atom. The van der Waals surface area contributed by atoms with Crippen molar-refractivity contribution >= 4 is 31.6 Å². The van der Waals surface area contributed by atoms with E-state index in [1.807, 2.05) is 6.92 Å². The highest BCUT2D eigenvalue weighted by atomic mass is 79.9. The van der Waals surface area contributed by atoms with Gasteiger partial charge in [0, 0.05) is 16.7 Å². The Labute approximate surface area is 120 Å². The van der Waals surface area contributed by atoms with Crippen LogP contribution in [-0.2, 0) is 16.6 Å². The van der Waals surface area contributed by atoms with Crippen molar-refractivity contribution in [3.63, 3.8) is 0 Å². The first-order chi connectivity index (χ1) is 8.94. The van der Waals surface area contributed by atoms with Gasteiger partial charge >= 0.3 is 0 Å². The smallest absolute Gasteiger partial charge is 0.265 e. The summed E-state index contributed by atoms with van der Waals surface area (Å²) in [4.78, 5) is 0.206. The minimum Gasteiger partial charge on any atom is -0.280 e. The summed E-state index contributed by atoms with van der Waals surface area (Å²) in [6, 6.07) is 6.95. The first kappa shape index (κ1) is 14.1. The van der Waals surface area contributed by atoms with Crippen LogP contribution in [0.3, 0.4) is 0 Å². The van der Waals surface area contributed by atoms with Crippen molar-refractivity contribution in [2.75, 3.05) is 4.72 Å². The van der Waals surface area contributed by atoms with Crippen molar-refractivity contribution in [1.29, 1.82) is 0 Å². The Morgan fingerprint density at radius 3 is 2.47 bits per heavy atom. The number of nitrogens with zero attached hydrogens (tertiary/aromatic N) is 2. The largest absolute Gasteiger partial charge is 0.280 e. The lowest BCUT2D eigenvalue weighted by atomic mass is 10.3. The second-order valence-corrected chi connectivity index (χ2v) is 6.59. The zero-order chi connectivity index (χ0) is 14.0. The summed E-state index contributed by atoms with van der Waals surface area (Å²) in [7, 11) is -3.59. The van der Waals surface area contributed by atoms with Crippen LogP contribution in [-0.4, -0.2) is 18.2 Å². The quantitative estimate of drug-likeness (QED) is 0.928. The highest BCUT2D eigenvalue weighted by Crippen LogP contribution is 2.20. The fourth-order valence-electron chi connectivity index (χ4n) is 1.74. The number of hydrogen-bond donors (Lipinski definition) is 1. The molecular formula is C12H14BrN3O2S. The molecule has 0 atom stereocenters. The molecule has 0 aliphatic rings. The summed E-state index contributed by atoms with van der Waals surface area (Å²) in [6.45, 7) is 4.30. The van der Waals surface area contributed by atoms with Gasteiger partial charge in [-0.2, -0.15) is 5.10 Å². The number of aromatic nitrogens is 2. The normalized spacial score (nSPS) is 11.5. The number of halogens is 1. The van der Waals surface area contributed by atoms with Gasteiger partial charge in [0.25, 0.3) is 10.0 Å². The second kappa shape index (κ2) is 5.34. The SMILES string of the molecule is CCn1ncc(S(=O)(=O)Nc2ccc(Br)cc2)c1C. The molecule has 0 aliphatic heterocycles. The summed E-state index contributed by atoms with van der Waals surface area (Å²) >= 11 is 3.30. The van der Waals surface area contributed by atoms with Gasteiger partial charge in [-0.05, 0) is 38.1 Å². The molecule has 0 fully saturated rings. The molecule has 0 aliphatic carbocycles. The monoisotopic (exact) mass is 343 g/mol. The average molecular weight is 344 g/mol. The fourth-order valence-corrected chi connectivity index (χ4v) is 3.24. The summed E-state index contributed by atoms with van der Waals surface area (Å²) in [5.41, 5.74) is 1.15. The maximum Gasteiger partial charge on any atom is 0.265 e. The summed E-state index contributed by atoms with van der Waals surface area (Å²) < 4.78 is 29.6. The summed E-state index contributed by atoms with van der Waals surface area (Å²) in [5.74, 6) is 0. The van der Waals surface area contributed by atoms with E-state index in [9.17, 15) is 8.42 Å². The molecule has 0 bridgehead atoms. The maximum absolute atomic E-state index is 12.3. The first-order valence-corrected chi connectivity index (χ1v) is 8.02. The van der Waals surface area contributed by atoms with Crippen LogP contribution in [0.25, 0.3) is 0 Å². The van der Waals surface area contributed by atoms with Crippen LogP contribution in [0.4, 0.5) is 5.69 Å². The molecule has 2 aromatic rings. The second-order valence-electron chi connectivity index (χ2n) is 4.02. The van der Waals surface area contributed by atoms with Crippen molar-refractivity contribution in [2.45, 2.75) is 25.3 Å². The van der Waals surface area contributed by atoms with E-state index in [2.05, 4.69) is 25.8 Å². The minimum atomic E-state index is -3.59. The van der Waals surface area contributed by atoms with E-state index in [-0.39, 0.29) is 4.90 Å². The molecule has 0 radical (unpaired) electrons. The Morgan fingerprint density at radius 1 is 1.32 bits per heavy atom. The van der Waals surface area contributed by atoms with Crippen molar-refractivity contribution in [3.05, 3.63) is 40.6 Å². The molecule has 102 valence electrons. The molecule has 0 spiro atoms. The summed E-state index contributed by atoms with van der Waals surface area (Å²) in [5, 5.41) is 4.05. The van der Waals surface area contributed by atoms with Crippen LogP contribution in [0.5, 0.6) is 0 Å². The van der Waals surface area contributed by atoms with E-state index in [0.29, 0.717) is 17.9 Å². The number of aryl methyl sites for hydroxylation is 1. The number of benzene rings is 1. The van der Waals surface area contributed by atoms with E-state index >= 15 is 0 Å². The van der Waals surface area contributed by atoms with Crippen molar-refractivity contribution in [2.24, 2.45) is 0 Å². The van der Waals surface area contributed by atoms with Crippen LogP contribution < -0.4 is 4.72 Å². The van der Waals surface area contributed by atoms with Crippen LogP contribution in [0, 0.1) is 6.92 Å². The fraction of sp³-hybridized carbons (Fsp3) is 0.250. The topological polar surface area (TPSA) is 64.0 Å². The van der Waals surface area contributed by atoms with Crippen molar-refractivity contribution in [1.82, 2.24) is 9.78 Å². The van der Waals surface area contributed by atoms with Gasteiger partial charge in [0.05, 0.1) is 11.9 Å². The molecule has 1 N–H and O–H groups in total. The van der Waals surface area contributed by atoms with Gasteiger partial charge < -0.3 is 0 Å². The van der Waals surface area contributed by atoms with Crippen LogP contribution in [0.15, 0.2) is 39.8 Å². The molecule has 1 aromatic heterocycles. The van der Waals surface area contributed by atoms with Crippen LogP contribution in [0.2, 0.25) is 0 Å². The number of rotatable bonds is 4. The van der Waals surface area contributed by atoms with Gasteiger partial charge in [-0.15, -0.1) is 0 Å². The molecule has 5 nitrogen and oxygen atoms in total. The number of nitrogens with one attached hydrogen (secondary N) is 1. The van der Waals surface area contributed by atoms with E-state index < -0.39 is 10.0 Å². The van der Waals surface area contributed by atoms with Gasteiger partial charge in [-0.25, -0.2) is 8.42 Å². The third kappa shape index (κ3) is 2.98. The molecular weight excluding hydrogens is 330 g/mol. The molecule has 0 unspecified atom stereocenters. The lowest BCUT2D eigenvalue weighted by Gasteiger charge is -2.08. The minimum absolute atomic E-state index is 0.206. The molecule has 1 aromatic carbocycles. The summed E-state index contributed by atoms with van der Waals surface area (Å²) in [6.07, 6.45) is 1.38. The molecule has 19 heavy (non-hydrogen) atoms. The van der Waals surface area contributed by atoms with E-state index in [1.54, 1.807) is 35.9 Å². The zero-order valence-corrected chi connectivity index (χ0v) is 13.0. The van der Waals surface area contributed by atoms with Gasteiger partial charge in [-0.1, -0.05) is 15.9 Å². The third-order valence-corrected chi connectivity index (χ3v) is 4.76. The Balaban J connectivity index is 2.32. The van der Waals surface area contributed by atoms with Gasteiger partial charge in [0.2, 0.25) is 0 Å². The lowest BCUT2D eigenvalue weighted by Crippen LogP contribution is -2.14. The highest BCUT2D eigenvalue weighted by molar-refractivity contribution is 9.10. The average Bonchev–Trinajstić information content (AvgIpc) is 2.74. The van der Waals surface area contributed by atoms with Crippen LogP contribution >= 0.6 is 15.9 Å².